The molecule has 7 nitrogen and oxygen atoms in total. The number of aromatic nitrogens is 2. The Morgan fingerprint density at radius 1 is 1.28 bits per heavy atom. The van der Waals surface area contributed by atoms with Crippen molar-refractivity contribution >= 4 is 45.6 Å². The van der Waals surface area contributed by atoms with Gasteiger partial charge in [0.1, 0.15) is 5.82 Å². The zero-order valence-corrected chi connectivity index (χ0v) is 19.8. The lowest BCUT2D eigenvalue weighted by molar-refractivity contribution is -0.118. The molecule has 1 unspecified atom stereocenters. The molecule has 0 saturated heterocycles. The number of hydrogen-bond acceptors (Lipinski definition) is 9. The van der Waals surface area contributed by atoms with Crippen molar-refractivity contribution in [1.29, 1.82) is 10.5 Å². The van der Waals surface area contributed by atoms with Crippen molar-refractivity contribution < 1.29 is 4.79 Å². The van der Waals surface area contributed by atoms with E-state index in [2.05, 4.69) is 22.3 Å². The van der Waals surface area contributed by atoms with Gasteiger partial charge in [0.2, 0.25) is 5.13 Å². The first-order valence-electron chi connectivity index (χ1n) is 9.80. The predicted octanol–water partition coefficient (Wildman–Crippen LogP) is 4.75. The standard InChI is InChI=1S/C22H19ClN6OS2/c1-22(2)9-15-18(16(30)10-22)17(12-3-5-13(23)6-4-12)14(11-25)19(26)29(15)20-27-28-21(32-20)31-8-7-24/h3-6,17H,8-10,26H2,1-2H3. The Kier molecular flexibility index (Phi) is 6.00. The molecule has 1 aliphatic heterocycles. The van der Waals surface area contributed by atoms with Crippen LogP contribution in [-0.2, 0) is 4.79 Å². The average Bonchev–Trinajstić information content (AvgIpc) is 3.19. The van der Waals surface area contributed by atoms with E-state index < -0.39 is 5.92 Å². The summed E-state index contributed by atoms with van der Waals surface area (Å²) >= 11 is 8.63. The molecule has 1 aliphatic carbocycles. The SMILES string of the molecule is CC1(C)CC(=O)C2=C(C1)N(c1nnc(SCC#N)s1)C(N)=C(C#N)C2c1ccc(Cl)cc1. The van der Waals surface area contributed by atoms with Gasteiger partial charge in [0, 0.05) is 22.7 Å². The molecule has 0 bridgehead atoms. The van der Waals surface area contributed by atoms with Crippen LogP contribution >= 0.6 is 34.7 Å². The molecule has 0 radical (unpaired) electrons. The van der Waals surface area contributed by atoms with Crippen molar-refractivity contribution in [3.8, 4) is 12.1 Å². The van der Waals surface area contributed by atoms with Gasteiger partial charge >= 0.3 is 0 Å². The largest absolute Gasteiger partial charge is 0.384 e. The molecule has 2 N–H and O–H groups in total. The number of thioether (sulfide) groups is 1. The molecule has 32 heavy (non-hydrogen) atoms. The van der Waals surface area contributed by atoms with Crippen molar-refractivity contribution in [2.45, 2.75) is 36.9 Å². The molecule has 2 heterocycles. The van der Waals surface area contributed by atoms with E-state index in [1.807, 2.05) is 26.0 Å². The number of benzene rings is 1. The van der Waals surface area contributed by atoms with Crippen LogP contribution in [0.3, 0.4) is 0 Å². The monoisotopic (exact) mass is 482 g/mol. The fourth-order valence-corrected chi connectivity index (χ4v) is 5.83. The van der Waals surface area contributed by atoms with E-state index in [9.17, 15) is 10.1 Å². The van der Waals surface area contributed by atoms with E-state index in [0.717, 1.165) is 11.3 Å². The topological polar surface area (TPSA) is 120 Å². The van der Waals surface area contributed by atoms with E-state index in [1.54, 1.807) is 17.0 Å². The van der Waals surface area contributed by atoms with E-state index in [4.69, 9.17) is 22.6 Å². The van der Waals surface area contributed by atoms with Gasteiger partial charge in [-0.15, -0.1) is 10.2 Å². The summed E-state index contributed by atoms with van der Waals surface area (Å²) in [5, 5.41) is 28.4. The molecule has 0 saturated carbocycles. The van der Waals surface area contributed by atoms with Gasteiger partial charge in [-0.3, -0.25) is 9.69 Å². The zero-order chi connectivity index (χ0) is 23.0. The van der Waals surface area contributed by atoms with Gasteiger partial charge in [0.05, 0.1) is 29.4 Å². The molecule has 1 aromatic heterocycles. The van der Waals surface area contributed by atoms with Crippen LogP contribution in [0.4, 0.5) is 5.13 Å². The first-order chi connectivity index (χ1) is 15.3. The Morgan fingerprint density at radius 3 is 2.66 bits per heavy atom. The normalized spacial score (nSPS) is 20.1. The van der Waals surface area contributed by atoms with Crippen LogP contribution in [0.15, 0.2) is 51.3 Å². The molecule has 2 aromatic rings. The fraction of sp³-hybridized carbons (Fsp3) is 0.318. The van der Waals surface area contributed by atoms with Gasteiger partial charge in [-0.05, 0) is 29.5 Å². The van der Waals surface area contributed by atoms with E-state index >= 15 is 0 Å². The minimum atomic E-state index is -0.563. The summed E-state index contributed by atoms with van der Waals surface area (Å²) in [6.45, 7) is 4.08. The van der Waals surface area contributed by atoms with Crippen molar-refractivity contribution in [1.82, 2.24) is 10.2 Å². The molecule has 1 aromatic carbocycles. The van der Waals surface area contributed by atoms with Crippen LogP contribution in [0.1, 0.15) is 38.2 Å². The second-order valence-electron chi connectivity index (χ2n) is 8.33. The van der Waals surface area contributed by atoms with E-state index in [-0.39, 0.29) is 22.8 Å². The smallest absolute Gasteiger partial charge is 0.219 e. The predicted molar refractivity (Wildman–Crippen MR) is 125 cm³/mol. The second-order valence-corrected chi connectivity index (χ2v) is 10.9. The van der Waals surface area contributed by atoms with Crippen molar-refractivity contribution in [2.24, 2.45) is 11.1 Å². The number of rotatable bonds is 4. The van der Waals surface area contributed by atoms with E-state index in [1.165, 1.54) is 23.1 Å². The lowest BCUT2D eigenvalue weighted by Gasteiger charge is -2.42. The van der Waals surface area contributed by atoms with Crippen LogP contribution in [0.25, 0.3) is 0 Å². The number of nitrogens with two attached hydrogens (primary N) is 1. The Hall–Kier alpha value is -2.85. The molecule has 4 rings (SSSR count). The van der Waals surface area contributed by atoms with Crippen molar-refractivity contribution in [2.75, 3.05) is 10.7 Å². The summed E-state index contributed by atoms with van der Waals surface area (Å²) in [6, 6.07) is 11.4. The molecule has 1 atom stereocenters. The molecule has 0 spiro atoms. The van der Waals surface area contributed by atoms with Crippen LogP contribution in [-0.4, -0.2) is 21.7 Å². The molecule has 10 heteroatoms. The van der Waals surface area contributed by atoms with Crippen molar-refractivity contribution in [3.63, 3.8) is 0 Å². The maximum atomic E-state index is 13.4. The second kappa shape index (κ2) is 8.59. The lowest BCUT2D eigenvalue weighted by atomic mass is 9.69. The molecular weight excluding hydrogens is 464 g/mol. The highest BCUT2D eigenvalue weighted by Crippen LogP contribution is 2.50. The molecule has 0 fully saturated rings. The third-order valence-electron chi connectivity index (χ3n) is 5.43. The molecule has 0 amide bonds. The first kappa shape index (κ1) is 22.3. The number of nitriles is 2. The number of carbonyl (C=O) groups excluding carboxylic acids is 1. The summed E-state index contributed by atoms with van der Waals surface area (Å²) in [6.07, 6.45) is 0.972. The van der Waals surface area contributed by atoms with Gasteiger partial charge < -0.3 is 5.73 Å². The Morgan fingerprint density at radius 2 is 2.00 bits per heavy atom. The van der Waals surface area contributed by atoms with Crippen LogP contribution in [0.2, 0.25) is 5.02 Å². The number of hydrogen-bond donors (Lipinski definition) is 1. The number of halogens is 1. The van der Waals surface area contributed by atoms with Crippen LogP contribution in [0, 0.1) is 28.1 Å². The highest BCUT2D eigenvalue weighted by molar-refractivity contribution is 8.01. The van der Waals surface area contributed by atoms with Crippen LogP contribution < -0.4 is 10.6 Å². The van der Waals surface area contributed by atoms with Crippen LogP contribution in [0.5, 0.6) is 0 Å². The highest BCUT2D eigenvalue weighted by Gasteiger charge is 2.45. The van der Waals surface area contributed by atoms with E-state index in [0.29, 0.717) is 38.5 Å². The lowest BCUT2D eigenvalue weighted by Crippen LogP contribution is -2.42. The minimum absolute atomic E-state index is 0.00922. The number of Topliss-reactive ketones (excluding diaryl/α,β-unsaturated/α-hetero) is 1. The Labute approximate surface area is 199 Å². The highest BCUT2D eigenvalue weighted by atomic mass is 35.5. The average molecular weight is 483 g/mol. The van der Waals surface area contributed by atoms with Gasteiger partial charge in [-0.1, -0.05) is 60.7 Å². The fourth-order valence-electron chi connectivity index (χ4n) is 4.16. The van der Waals surface area contributed by atoms with Gasteiger partial charge in [0.15, 0.2) is 10.1 Å². The summed E-state index contributed by atoms with van der Waals surface area (Å²) in [5.41, 5.74) is 8.69. The maximum Gasteiger partial charge on any atom is 0.219 e. The molecular formula is C22H19ClN6OS2. The number of carbonyl (C=O) groups is 1. The third-order valence-corrected chi connectivity index (χ3v) is 7.59. The summed E-state index contributed by atoms with van der Waals surface area (Å²) in [5.74, 6) is -0.0798. The maximum absolute atomic E-state index is 13.4. The van der Waals surface area contributed by atoms with Crippen molar-refractivity contribution in [3.05, 3.63) is 57.5 Å². The number of nitrogens with zero attached hydrogens (tertiary/aromatic N) is 5. The summed E-state index contributed by atoms with van der Waals surface area (Å²) in [4.78, 5) is 15.1. The minimum Gasteiger partial charge on any atom is -0.384 e. The summed E-state index contributed by atoms with van der Waals surface area (Å²) in [7, 11) is 0. The summed E-state index contributed by atoms with van der Waals surface area (Å²) < 4.78 is 0.622. The van der Waals surface area contributed by atoms with Gasteiger partial charge in [-0.25, -0.2) is 0 Å². The molecule has 162 valence electrons. The number of anilines is 1. The Balaban J connectivity index is 1.91. The number of allylic oxidation sites excluding steroid dienone is 3. The Bertz CT molecular complexity index is 1230. The first-order valence-corrected chi connectivity index (χ1v) is 12.0. The zero-order valence-electron chi connectivity index (χ0n) is 17.4. The quantitative estimate of drug-likeness (QED) is 0.620. The molecule has 2 aliphatic rings. The third kappa shape index (κ3) is 4.00. The number of ketones is 1. The van der Waals surface area contributed by atoms with Gasteiger partial charge in [0.25, 0.3) is 0 Å². The van der Waals surface area contributed by atoms with Gasteiger partial charge in [-0.2, -0.15) is 10.5 Å².